The molecule has 5 rings (SSSR count). The standard InChI is InChI=1S/C24H30N4O3/c1-15-5-6-19-21(14-15)31-26-22(19)17-7-11-27(12-8-17)13-9-18-16(2)25-23-20(29)4-3-10-28(23)24(18)30/h5-6,14,17,20,29H,3-4,7-13H2,1-2H3/i20D. The number of piperidine rings is 1. The Labute approximate surface area is 183 Å². The maximum atomic E-state index is 13.0. The number of aryl methyl sites for hydroxylation is 2. The zero-order chi connectivity index (χ0) is 22.5. The molecular weight excluding hydrogens is 392 g/mol. The van der Waals surface area contributed by atoms with Crippen LogP contribution in [0, 0.1) is 13.8 Å². The van der Waals surface area contributed by atoms with E-state index in [2.05, 4.69) is 34.1 Å². The fourth-order valence-corrected chi connectivity index (χ4v) is 4.99. The first-order valence-corrected chi connectivity index (χ1v) is 11.2. The topological polar surface area (TPSA) is 84.4 Å². The lowest BCUT2D eigenvalue weighted by Gasteiger charge is -2.31. The molecule has 0 saturated carbocycles. The number of aromatic nitrogens is 3. The van der Waals surface area contributed by atoms with E-state index in [-0.39, 0.29) is 11.4 Å². The molecule has 31 heavy (non-hydrogen) atoms. The molecule has 3 aromatic rings. The van der Waals surface area contributed by atoms with Gasteiger partial charge in [0, 0.05) is 35.7 Å². The number of hydrogen-bond donors (Lipinski definition) is 1. The van der Waals surface area contributed by atoms with Crippen LogP contribution in [0.3, 0.4) is 0 Å². The third-order valence-corrected chi connectivity index (χ3v) is 6.83. The summed E-state index contributed by atoms with van der Waals surface area (Å²) in [4.78, 5) is 19.9. The summed E-state index contributed by atoms with van der Waals surface area (Å²) in [6, 6.07) is 6.25. The van der Waals surface area contributed by atoms with Gasteiger partial charge in [0.15, 0.2) is 5.58 Å². The first kappa shape index (κ1) is 19.2. The van der Waals surface area contributed by atoms with Gasteiger partial charge < -0.3 is 14.5 Å². The molecule has 7 nitrogen and oxygen atoms in total. The minimum atomic E-state index is -1.77. The van der Waals surface area contributed by atoms with Crippen molar-refractivity contribution in [2.45, 2.75) is 64.5 Å². The highest BCUT2D eigenvalue weighted by molar-refractivity contribution is 5.80. The molecule has 1 fully saturated rings. The number of likely N-dealkylation sites (tertiary alicyclic amines) is 1. The number of benzene rings is 1. The fourth-order valence-electron chi connectivity index (χ4n) is 4.99. The highest BCUT2D eigenvalue weighted by Gasteiger charge is 2.26. The van der Waals surface area contributed by atoms with E-state index in [1.165, 1.54) is 10.1 Å². The van der Waals surface area contributed by atoms with Crippen LogP contribution in [-0.4, -0.2) is 44.3 Å². The Morgan fingerprint density at radius 2 is 2.03 bits per heavy atom. The largest absolute Gasteiger partial charge is 0.385 e. The fraction of sp³-hybridized carbons (Fsp3) is 0.542. The molecule has 1 saturated heterocycles. The van der Waals surface area contributed by atoms with Gasteiger partial charge in [0.1, 0.15) is 11.9 Å². The van der Waals surface area contributed by atoms with Crippen molar-refractivity contribution in [2.75, 3.05) is 19.6 Å². The molecule has 164 valence electrons. The molecule has 0 bridgehead atoms. The van der Waals surface area contributed by atoms with Crippen molar-refractivity contribution in [2.24, 2.45) is 0 Å². The number of fused-ring (bicyclic) bond motifs is 2. The lowest BCUT2D eigenvalue weighted by molar-refractivity contribution is 0.129. The Kier molecular flexibility index (Phi) is 5.08. The zero-order valence-electron chi connectivity index (χ0n) is 19.2. The molecule has 7 heteroatoms. The van der Waals surface area contributed by atoms with Crippen molar-refractivity contribution >= 4 is 11.0 Å². The molecule has 1 atom stereocenters. The van der Waals surface area contributed by atoms with E-state index in [0.29, 0.717) is 43.0 Å². The predicted molar refractivity (Wildman–Crippen MR) is 118 cm³/mol. The van der Waals surface area contributed by atoms with Crippen molar-refractivity contribution in [3.8, 4) is 0 Å². The van der Waals surface area contributed by atoms with Crippen LogP contribution in [0.15, 0.2) is 27.5 Å². The smallest absolute Gasteiger partial charge is 0.257 e. The Hall–Kier alpha value is -2.51. The second kappa shape index (κ2) is 8.20. The van der Waals surface area contributed by atoms with Gasteiger partial charge in [0.2, 0.25) is 0 Å². The van der Waals surface area contributed by atoms with E-state index in [1.54, 1.807) is 0 Å². The summed E-state index contributed by atoms with van der Waals surface area (Å²) >= 11 is 0. The maximum Gasteiger partial charge on any atom is 0.257 e. The molecule has 2 aliphatic heterocycles. The van der Waals surface area contributed by atoms with Crippen molar-refractivity contribution in [3.05, 3.63) is 56.9 Å². The van der Waals surface area contributed by atoms with Gasteiger partial charge in [0.05, 0.1) is 7.06 Å². The molecular formula is C24H30N4O3. The van der Waals surface area contributed by atoms with Gasteiger partial charge in [-0.25, -0.2) is 4.98 Å². The molecule has 1 unspecified atom stereocenters. The van der Waals surface area contributed by atoms with Crippen LogP contribution in [-0.2, 0) is 13.0 Å². The first-order chi connectivity index (χ1) is 15.3. The predicted octanol–water partition coefficient (Wildman–Crippen LogP) is 3.25. The Balaban J connectivity index is 1.25. The van der Waals surface area contributed by atoms with Crippen LogP contribution in [0.5, 0.6) is 0 Å². The first-order valence-electron chi connectivity index (χ1n) is 11.7. The van der Waals surface area contributed by atoms with Gasteiger partial charge in [-0.3, -0.25) is 9.36 Å². The quantitative estimate of drug-likeness (QED) is 0.693. The summed E-state index contributed by atoms with van der Waals surface area (Å²) < 4.78 is 15.2. The molecule has 1 N–H and O–H groups in total. The number of hydrogen-bond acceptors (Lipinski definition) is 6. The molecule has 2 aromatic heterocycles. The van der Waals surface area contributed by atoms with Crippen LogP contribution in [0.1, 0.15) is 67.4 Å². The number of nitrogens with zero attached hydrogens (tertiary/aromatic N) is 4. The lowest BCUT2D eigenvalue weighted by atomic mass is 9.91. The van der Waals surface area contributed by atoms with Gasteiger partial charge in [-0.2, -0.15) is 0 Å². The van der Waals surface area contributed by atoms with Gasteiger partial charge in [-0.15, -0.1) is 0 Å². The van der Waals surface area contributed by atoms with E-state index >= 15 is 0 Å². The molecule has 2 aliphatic rings. The summed E-state index contributed by atoms with van der Waals surface area (Å²) in [7, 11) is 0. The average Bonchev–Trinajstić information content (AvgIpc) is 3.17. The van der Waals surface area contributed by atoms with Gasteiger partial charge in [-0.1, -0.05) is 11.2 Å². The van der Waals surface area contributed by atoms with Crippen LogP contribution in [0.25, 0.3) is 11.0 Å². The lowest BCUT2D eigenvalue weighted by Crippen LogP contribution is -2.37. The minimum absolute atomic E-state index is 0.0999. The van der Waals surface area contributed by atoms with Gasteiger partial charge in [-0.05, 0) is 76.7 Å². The number of rotatable bonds is 4. The van der Waals surface area contributed by atoms with Crippen LogP contribution in [0.2, 0.25) is 0 Å². The SMILES string of the molecule is [2H]C1(O)CCCn2c1nc(C)c(CCN1CCC(c3noc4cc(C)ccc34)CC1)c2=O. The van der Waals surface area contributed by atoms with Crippen molar-refractivity contribution < 1.29 is 11.0 Å². The van der Waals surface area contributed by atoms with Crippen LogP contribution >= 0.6 is 0 Å². The van der Waals surface area contributed by atoms with E-state index in [4.69, 9.17) is 5.89 Å². The molecule has 0 amide bonds. The molecule has 0 aliphatic carbocycles. The second-order valence-corrected chi connectivity index (χ2v) is 8.94. The van der Waals surface area contributed by atoms with Gasteiger partial charge >= 0.3 is 0 Å². The zero-order valence-corrected chi connectivity index (χ0v) is 18.2. The number of aliphatic hydroxyl groups is 1. The van der Waals surface area contributed by atoms with Crippen molar-refractivity contribution in [1.82, 2.24) is 19.6 Å². The summed E-state index contributed by atoms with van der Waals surface area (Å²) in [5, 5.41) is 15.8. The van der Waals surface area contributed by atoms with Crippen molar-refractivity contribution in [3.63, 3.8) is 0 Å². The summed E-state index contributed by atoms with van der Waals surface area (Å²) in [6.45, 7) is 7.09. The normalized spacial score (nSPS) is 23.1. The summed E-state index contributed by atoms with van der Waals surface area (Å²) in [5.74, 6) is 0.577. The molecule has 0 spiro atoms. The molecule has 4 heterocycles. The third kappa shape index (κ3) is 3.81. The van der Waals surface area contributed by atoms with Gasteiger partial charge in [0.25, 0.3) is 5.56 Å². The Bertz CT molecular complexity index is 1210. The summed E-state index contributed by atoms with van der Waals surface area (Å²) in [6.07, 6.45) is 1.82. The third-order valence-electron chi connectivity index (χ3n) is 6.83. The van der Waals surface area contributed by atoms with Crippen LogP contribution < -0.4 is 5.56 Å². The molecule has 0 radical (unpaired) electrons. The van der Waals surface area contributed by atoms with E-state index in [0.717, 1.165) is 49.1 Å². The summed E-state index contributed by atoms with van der Waals surface area (Å²) in [5.41, 5.74) is 4.33. The van der Waals surface area contributed by atoms with E-state index in [9.17, 15) is 9.90 Å². The monoisotopic (exact) mass is 423 g/mol. The Morgan fingerprint density at radius 1 is 1.23 bits per heavy atom. The van der Waals surface area contributed by atoms with Crippen LogP contribution in [0.4, 0.5) is 0 Å². The maximum absolute atomic E-state index is 13.0. The van der Waals surface area contributed by atoms with Crippen molar-refractivity contribution in [1.29, 1.82) is 0 Å². The van der Waals surface area contributed by atoms with E-state index < -0.39 is 6.08 Å². The average molecular weight is 424 g/mol. The highest BCUT2D eigenvalue weighted by atomic mass is 16.5. The minimum Gasteiger partial charge on any atom is -0.385 e. The second-order valence-electron chi connectivity index (χ2n) is 8.94. The highest BCUT2D eigenvalue weighted by Crippen LogP contribution is 2.33. The molecule has 1 aromatic carbocycles. The van der Waals surface area contributed by atoms with E-state index in [1.807, 2.05) is 13.0 Å². The Morgan fingerprint density at radius 3 is 2.84 bits per heavy atom.